The number of hydrogen-bond donors (Lipinski definition) is 1. The molecule has 0 aliphatic rings. The van der Waals surface area contributed by atoms with Gasteiger partial charge in [-0.25, -0.2) is 4.98 Å². The van der Waals surface area contributed by atoms with E-state index in [1.807, 2.05) is 11.3 Å². The van der Waals surface area contributed by atoms with Gasteiger partial charge in [-0.05, 0) is 33.2 Å². The van der Waals surface area contributed by atoms with Crippen molar-refractivity contribution in [3.05, 3.63) is 15.6 Å². The first-order valence-electron chi connectivity index (χ1n) is 6.38. The molecule has 2 nitrogen and oxygen atoms in total. The highest BCUT2D eigenvalue weighted by Crippen LogP contribution is 2.25. The van der Waals surface area contributed by atoms with E-state index in [2.05, 4.69) is 38.0 Å². The lowest BCUT2D eigenvalue weighted by Gasteiger charge is -2.12. The summed E-state index contributed by atoms with van der Waals surface area (Å²) in [6.45, 7) is 9.89. The van der Waals surface area contributed by atoms with E-state index in [1.165, 1.54) is 34.8 Å². The lowest BCUT2D eigenvalue weighted by molar-refractivity contribution is 0.547. The second-order valence-electron chi connectivity index (χ2n) is 4.29. The van der Waals surface area contributed by atoms with Gasteiger partial charge in [0.25, 0.3) is 0 Å². The van der Waals surface area contributed by atoms with Crippen molar-refractivity contribution in [1.82, 2.24) is 10.3 Å². The summed E-state index contributed by atoms with van der Waals surface area (Å²) >= 11 is 1.86. The average Bonchev–Trinajstić information content (AvgIpc) is 2.66. The average molecular weight is 240 g/mol. The van der Waals surface area contributed by atoms with Crippen LogP contribution in [0, 0.1) is 6.92 Å². The van der Waals surface area contributed by atoms with Gasteiger partial charge < -0.3 is 5.32 Å². The van der Waals surface area contributed by atoms with Crippen LogP contribution >= 0.6 is 11.3 Å². The third-order valence-electron chi connectivity index (χ3n) is 2.80. The number of aromatic nitrogens is 1. The Kier molecular flexibility index (Phi) is 5.99. The van der Waals surface area contributed by atoms with Gasteiger partial charge in [-0.3, -0.25) is 0 Å². The normalized spacial score (nSPS) is 13.0. The number of unbranched alkanes of at least 4 members (excludes halogenated alkanes) is 2. The Morgan fingerprint density at radius 1 is 1.31 bits per heavy atom. The van der Waals surface area contributed by atoms with E-state index in [4.69, 9.17) is 0 Å². The zero-order valence-corrected chi connectivity index (χ0v) is 11.8. The van der Waals surface area contributed by atoms with E-state index in [0.29, 0.717) is 6.04 Å². The molecule has 1 heterocycles. The van der Waals surface area contributed by atoms with Gasteiger partial charge in [0.05, 0.1) is 10.7 Å². The van der Waals surface area contributed by atoms with Crippen LogP contribution in [0.5, 0.6) is 0 Å². The van der Waals surface area contributed by atoms with E-state index in [-0.39, 0.29) is 0 Å². The Hall–Kier alpha value is -0.410. The third kappa shape index (κ3) is 3.87. The quantitative estimate of drug-likeness (QED) is 0.732. The van der Waals surface area contributed by atoms with Crippen LogP contribution in [-0.4, -0.2) is 11.5 Å². The molecule has 0 aromatic carbocycles. The molecule has 0 radical (unpaired) electrons. The number of nitrogens with zero attached hydrogens (tertiary/aromatic N) is 1. The standard InChI is InChI=1S/C13H24N2S/c1-5-7-8-9-14-10(3)13-11(4)15-12(6-2)16-13/h10,14H,5-9H2,1-4H3. The van der Waals surface area contributed by atoms with Gasteiger partial charge in [-0.1, -0.05) is 26.7 Å². The van der Waals surface area contributed by atoms with Gasteiger partial charge in [0, 0.05) is 10.9 Å². The Balaban J connectivity index is 2.45. The summed E-state index contributed by atoms with van der Waals surface area (Å²) in [7, 11) is 0. The number of rotatable bonds is 7. The molecule has 0 aliphatic carbocycles. The molecule has 0 saturated carbocycles. The van der Waals surface area contributed by atoms with Crippen molar-refractivity contribution < 1.29 is 0 Å². The van der Waals surface area contributed by atoms with Gasteiger partial charge >= 0.3 is 0 Å². The molecule has 92 valence electrons. The molecule has 3 heteroatoms. The van der Waals surface area contributed by atoms with Gasteiger partial charge in [-0.15, -0.1) is 11.3 Å². The number of thiazole rings is 1. The Bertz CT molecular complexity index is 307. The van der Waals surface area contributed by atoms with Crippen molar-refractivity contribution in [3.8, 4) is 0 Å². The Morgan fingerprint density at radius 2 is 2.06 bits per heavy atom. The minimum absolute atomic E-state index is 0.453. The molecule has 1 aromatic rings. The first-order valence-corrected chi connectivity index (χ1v) is 7.20. The number of nitrogens with one attached hydrogen (secondary N) is 1. The van der Waals surface area contributed by atoms with Crippen LogP contribution in [0.4, 0.5) is 0 Å². The lowest BCUT2D eigenvalue weighted by atomic mass is 10.2. The highest BCUT2D eigenvalue weighted by atomic mass is 32.1. The molecule has 0 amide bonds. The predicted octanol–water partition coefficient (Wildman–Crippen LogP) is 3.85. The summed E-state index contributed by atoms with van der Waals surface area (Å²) in [6.07, 6.45) is 4.94. The summed E-state index contributed by atoms with van der Waals surface area (Å²) < 4.78 is 0. The molecule has 1 atom stereocenters. The summed E-state index contributed by atoms with van der Waals surface area (Å²) in [5, 5.41) is 4.84. The molecule has 16 heavy (non-hydrogen) atoms. The highest BCUT2D eigenvalue weighted by molar-refractivity contribution is 7.11. The molecular weight excluding hydrogens is 216 g/mol. The predicted molar refractivity (Wildman–Crippen MR) is 72.2 cm³/mol. The smallest absolute Gasteiger partial charge is 0.0928 e. The minimum Gasteiger partial charge on any atom is -0.309 e. The first kappa shape index (κ1) is 13.7. The molecule has 1 aromatic heterocycles. The third-order valence-corrected chi connectivity index (χ3v) is 4.29. The fourth-order valence-corrected chi connectivity index (χ4v) is 2.84. The maximum absolute atomic E-state index is 4.57. The van der Waals surface area contributed by atoms with Crippen LogP contribution in [0.1, 0.15) is 61.7 Å². The summed E-state index contributed by atoms with van der Waals surface area (Å²) in [6, 6.07) is 0.453. The Morgan fingerprint density at radius 3 is 2.62 bits per heavy atom. The van der Waals surface area contributed by atoms with Crippen LogP contribution < -0.4 is 5.32 Å². The van der Waals surface area contributed by atoms with E-state index in [9.17, 15) is 0 Å². The van der Waals surface area contributed by atoms with Gasteiger partial charge in [0.2, 0.25) is 0 Å². The van der Waals surface area contributed by atoms with Crippen molar-refractivity contribution in [2.45, 2.75) is 59.4 Å². The van der Waals surface area contributed by atoms with Crippen molar-refractivity contribution >= 4 is 11.3 Å². The van der Waals surface area contributed by atoms with E-state index < -0.39 is 0 Å². The Labute approximate surface area is 103 Å². The molecule has 0 saturated heterocycles. The van der Waals surface area contributed by atoms with Crippen LogP contribution in [-0.2, 0) is 6.42 Å². The van der Waals surface area contributed by atoms with E-state index in [0.717, 1.165) is 13.0 Å². The molecule has 0 fully saturated rings. The fraction of sp³-hybridized carbons (Fsp3) is 0.769. The second kappa shape index (κ2) is 7.02. The topological polar surface area (TPSA) is 24.9 Å². The molecule has 0 bridgehead atoms. The summed E-state index contributed by atoms with van der Waals surface area (Å²) in [5.41, 5.74) is 1.21. The monoisotopic (exact) mass is 240 g/mol. The van der Waals surface area contributed by atoms with Crippen molar-refractivity contribution in [3.63, 3.8) is 0 Å². The summed E-state index contributed by atoms with van der Waals surface area (Å²) in [4.78, 5) is 5.98. The largest absolute Gasteiger partial charge is 0.309 e. The lowest BCUT2D eigenvalue weighted by Crippen LogP contribution is -2.19. The van der Waals surface area contributed by atoms with Gasteiger partial charge in [0.15, 0.2) is 0 Å². The molecule has 1 N–H and O–H groups in total. The number of aryl methyl sites for hydroxylation is 2. The van der Waals surface area contributed by atoms with Gasteiger partial charge in [0.1, 0.15) is 0 Å². The maximum Gasteiger partial charge on any atom is 0.0928 e. The highest BCUT2D eigenvalue weighted by Gasteiger charge is 2.12. The first-order chi connectivity index (χ1) is 7.69. The van der Waals surface area contributed by atoms with Gasteiger partial charge in [-0.2, -0.15) is 0 Å². The zero-order valence-electron chi connectivity index (χ0n) is 11.0. The fourth-order valence-electron chi connectivity index (χ4n) is 1.80. The second-order valence-corrected chi connectivity index (χ2v) is 5.41. The maximum atomic E-state index is 4.57. The zero-order chi connectivity index (χ0) is 12.0. The molecule has 0 spiro atoms. The van der Waals surface area contributed by atoms with Crippen LogP contribution in [0.25, 0.3) is 0 Å². The van der Waals surface area contributed by atoms with E-state index >= 15 is 0 Å². The molecular formula is C13H24N2S. The molecule has 0 aliphatic heterocycles. The van der Waals surface area contributed by atoms with E-state index in [1.54, 1.807) is 0 Å². The molecule has 1 unspecified atom stereocenters. The molecule has 1 rings (SSSR count). The van der Waals surface area contributed by atoms with Crippen LogP contribution in [0.15, 0.2) is 0 Å². The van der Waals surface area contributed by atoms with Crippen LogP contribution in [0.2, 0.25) is 0 Å². The SMILES string of the molecule is CCCCCNC(C)c1sc(CC)nc1C. The van der Waals surface area contributed by atoms with Crippen LogP contribution in [0.3, 0.4) is 0 Å². The summed E-state index contributed by atoms with van der Waals surface area (Å²) in [5.74, 6) is 0. The van der Waals surface area contributed by atoms with Crippen molar-refractivity contribution in [1.29, 1.82) is 0 Å². The minimum atomic E-state index is 0.453. The van der Waals surface area contributed by atoms with Crippen molar-refractivity contribution in [2.24, 2.45) is 0 Å². The van der Waals surface area contributed by atoms with Crippen molar-refractivity contribution in [2.75, 3.05) is 6.54 Å². The number of hydrogen-bond acceptors (Lipinski definition) is 3.